The van der Waals surface area contributed by atoms with Crippen LogP contribution in [0.3, 0.4) is 0 Å². The van der Waals surface area contributed by atoms with Crippen LogP contribution in [0.4, 0.5) is 0 Å². The minimum absolute atomic E-state index is 0.888. The van der Waals surface area contributed by atoms with Gasteiger partial charge in [0, 0.05) is 51.5 Å². The molecule has 0 aliphatic carbocycles. The van der Waals surface area contributed by atoms with Gasteiger partial charge in [-0.05, 0) is 56.6 Å². The predicted octanol–water partition coefficient (Wildman–Crippen LogP) is 2.89. The second-order valence-corrected chi connectivity index (χ2v) is 7.81. The summed E-state index contributed by atoms with van der Waals surface area (Å²) in [7, 11) is 0. The second-order valence-electron chi connectivity index (χ2n) is 7.43. The molecule has 0 saturated carbocycles. The zero-order valence-electron chi connectivity index (χ0n) is 16.7. The van der Waals surface area contributed by atoms with Gasteiger partial charge in [0.2, 0.25) is 0 Å². The van der Waals surface area contributed by atoms with Crippen LogP contribution in [0.15, 0.2) is 30.3 Å². The molecular weight excluding hydrogens is 354 g/mol. The first-order valence-electron chi connectivity index (χ1n) is 9.83. The molecule has 27 heavy (non-hydrogen) atoms. The highest BCUT2D eigenvalue weighted by molar-refractivity contribution is 7.80. The van der Waals surface area contributed by atoms with Crippen LogP contribution in [0, 0.1) is 20.8 Å². The Kier molecular flexibility index (Phi) is 6.85. The lowest BCUT2D eigenvalue weighted by Crippen LogP contribution is -2.51. The highest BCUT2D eigenvalue weighted by Crippen LogP contribution is 2.12. The number of aryl methyl sites for hydroxylation is 4. The number of thiocarbonyl (C=S) groups is 1. The van der Waals surface area contributed by atoms with Crippen molar-refractivity contribution in [1.29, 1.82) is 0 Å². The Morgan fingerprint density at radius 3 is 2.52 bits per heavy atom. The van der Waals surface area contributed by atoms with Crippen LogP contribution >= 0.6 is 12.2 Å². The van der Waals surface area contributed by atoms with Crippen molar-refractivity contribution in [2.45, 2.75) is 40.3 Å². The quantitative estimate of drug-likeness (QED) is 0.611. The Labute approximate surface area is 168 Å². The van der Waals surface area contributed by atoms with Gasteiger partial charge in [0.25, 0.3) is 0 Å². The van der Waals surface area contributed by atoms with Crippen LogP contribution in [0.5, 0.6) is 0 Å². The normalized spacial score (nSPS) is 15.1. The van der Waals surface area contributed by atoms with Crippen molar-refractivity contribution in [2.75, 3.05) is 32.7 Å². The van der Waals surface area contributed by atoms with Gasteiger partial charge >= 0.3 is 0 Å². The van der Waals surface area contributed by atoms with E-state index in [1.54, 1.807) is 0 Å². The van der Waals surface area contributed by atoms with Crippen molar-refractivity contribution in [3.05, 3.63) is 52.8 Å². The zero-order chi connectivity index (χ0) is 19.2. The summed E-state index contributed by atoms with van der Waals surface area (Å²) in [4.78, 5) is 4.82. The van der Waals surface area contributed by atoms with E-state index in [-0.39, 0.29) is 0 Å². The molecule has 6 heteroatoms. The van der Waals surface area contributed by atoms with Crippen LogP contribution in [-0.2, 0) is 13.1 Å². The fraction of sp³-hybridized carbons (Fsp3) is 0.524. The molecule has 2 aromatic rings. The van der Waals surface area contributed by atoms with Crippen molar-refractivity contribution in [3.63, 3.8) is 0 Å². The summed E-state index contributed by atoms with van der Waals surface area (Å²) in [5.74, 6) is 0. The second kappa shape index (κ2) is 9.33. The Balaban J connectivity index is 1.36. The topological polar surface area (TPSA) is 36.3 Å². The third kappa shape index (κ3) is 5.53. The van der Waals surface area contributed by atoms with E-state index in [0.717, 1.165) is 63.0 Å². The monoisotopic (exact) mass is 385 g/mol. The number of hydrogen-bond acceptors (Lipinski definition) is 3. The number of nitrogens with one attached hydrogen (secondary N) is 1. The van der Waals surface area contributed by atoms with E-state index >= 15 is 0 Å². The minimum atomic E-state index is 0.888. The van der Waals surface area contributed by atoms with Gasteiger partial charge in [-0.15, -0.1) is 0 Å². The Hall–Kier alpha value is -1.92. The van der Waals surface area contributed by atoms with Gasteiger partial charge in [-0.1, -0.05) is 24.3 Å². The van der Waals surface area contributed by atoms with Gasteiger partial charge in [-0.25, -0.2) is 0 Å². The number of hydrogen-bond donors (Lipinski definition) is 1. The molecule has 2 heterocycles. The molecule has 1 fully saturated rings. The first kappa shape index (κ1) is 19.8. The number of benzene rings is 1. The lowest BCUT2D eigenvalue weighted by molar-refractivity contribution is 0.174. The van der Waals surface area contributed by atoms with Gasteiger partial charge in [-0.3, -0.25) is 9.58 Å². The molecule has 1 aromatic carbocycles. The number of rotatable bonds is 6. The van der Waals surface area contributed by atoms with Gasteiger partial charge < -0.3 is 10.2 Å². The number of nitrogens with zero attached hydrogens (tertiary/aromatic N) is 4. The highest BCUT2D eigenvalue weighted by Gasteiger charge is 2.19. The third-order valence-electron chi connectivity index (χ3n) is 5.24. The first-order chi connectivity index (χ1) is 13.0. The summed E-state index contributed by atoms with van der Waals surface area (Å²) in [5.41, 5.74) is 5.11. The summed E-state index contributed by atoms with van der Waals surface area (Å²) in [5, 5.41) is 8.81. The molecule has 3 rings (SSSR count). The fourth-order valence-corrected chi connectivity index (χ4v) is 3.86. The maximum atomic E-state index is 5.60. The Morgan fingerprint density at radius 2 is 1.85 bits per heavy atom. The summed E-state index contributed by atoms with van der Waals surface area (Å²) < 4.78 is 2.07. The summed E-state index contributed by atoms with van der Waals surface area (Å²) in [6.07, 6.45) is 1.02. The third-order valence-corrected chi connectivity index (χ3v) is 5.64. The van der Waals surface area contributed by atoms with E-state index in [4.69, 9.17) is 12.2 Å². The average Bonchev–Trinajstić information content (AvgIpc) is 2.98. The molecule has 1 saturated heterocycles. The molecule has 1 N–H and O–H groups in total. The van der Waals surface area contributed by atoms with Crippen LogP contribution in [0.1, 0.15) is 28.9 Å². The Morgan fingerprint density at radius 1 is 1.11 bits per heavy atom. The van der Waals surface area contributed by atoms with E-state index in [0.29, 0.717) is 0 Å². The van der Waals surface area contributed by atoms with Crippen molar-refractivity contribution < 1.29 is 0 Å². The van der Waals surface area contributed by atoms with Crippen LogP contribution < -0.4 is 5.32 Å². The molecule has 0 bridgehead atoms. The smallest absolute Gasteiger partial charge is 0.169 e. The molecule has 5 nitrogen and oxygen atoms in total. The zero-order valence-corrected chi connectivity index (χ0v) is 17.6. The van der Waals surface area contributed by atoms with Gasteiger partial charge in [-0.2, -0.15) is 5.10 Å². The van der Waals surface area contributed by atoms with Crippen LogP contribution in [0.25, 0.3) is 0 Å². The number of aromatic nitrogens is 2. The standard InChI is InChI=1S/C21H31N5S/c1-17-7-4-5-8-20(17)16-24-11-13-25(14-12-24)21(27)22-9-6-10-26-19(3)15-18(2)23-26/h4-5,7-8,15H,6,9-14,16H2,1-3H3,(H,22,27). The van der Waals surface area contributed by atoms with E-state index in [9.17, 15) is 0 Å². The summed E-state index contributed by atoms with van der Waals surface area (Å²) in [6, 6.07) is 10.8. The molecule has 146 valence electrons. The van der Waals surface area contributed by atoms with Crippen molar-refractivity contribution >= 4 is 17.3 Å². The summed E-state index contributed by atoms with van der Waals surface area (Å²) >= 11 is 5.60. The predicted molar refractivity (Wildman–Crippen MR) is 115 cm³/mol. The van der Waals surface area contributed by atoms with Crippen molar-refractivity contribution in [2.24, 2.45) is 0 Å². The highest BCUT2D eigenvalue weighted by atomic mass is 32.1. The molecule has 1 aliphatic heterocycles. The first-order valence-corrected chi connectivity index (χ1v) is 10.2. The maximum Gasteiger partial charge on any atom is 0.169 e. The van der Waals surface area contributed by atoms with Crippen LogP contribution in [-0.4, -0.2) is 57.4 Å². The molecule has 0 spiro atoms. The molecule has 0 unspecified atom stereocenters. The lowest BCUT2D eigenvalue weighted by atomic mass is 10.1. The SMILES string of the molecule is Cc1cc(C)n(CCCNC(=S)N2CCN(Cc3ccccc3C)CC2)n1. The molecule has 1 aliphatic rings. The maximum absolute atomic E-state index is 5.60. The molecular formula is C21H31N5S. The fourth-order valence-electron chi connectivity index (χ4n) is 3.57. The van der Waals surface area contributed by atoms with Crippen LogP contribution in [0.2, 0.25) is 0 Å². The number of piperazine rings is 1. The van der Waals surface area contributed by atoms with Crippen molar-refractivity contribution in [3.8, 4) is 0 Å². The summed E-state index contributed by atoms with van der Waals surface area (Å²) in [6.45, 7) is 13.3. The van der Waals surface area contributed by atoms with Gasteiger partial charge in [0.1, 0.15) is 0 Å². The van der Waals surface area contributed by atoms with Crippen molar-refractivity contribution in [1.82, 2.24) is 24.9 Å². The molecule has 0 amide bonds. The Bertz CT molecular complexity index is 762. The van der Waals surface area contributed by atoms with E-state index in [2.05, 4.69) is 69.1 Å². The van der Waals surface area contributed by atoms with Gasteiger partial charge in [0.15, 0.2) is 5.11 Å². The van der Waals surface area contributed by atoms with E-state index in [1.807, 2.05) is 6.92 Å². The largest absolute Gasteiger partial charge is 0.362 e. The minimum Gasteiger partial charge on any atom is -0.362 e. The van der Waals surface area contributed by atoms with Gasteiger partial charge in [0.05, 0.1) is 5.69 Å². The molecule has 0 radical (unpaired) electrons. The molecule has 1 aromatic heterocycles. The van der Waals surface area contributed by atoms with E-state index in [1.165, 1.54) is 16.8 Å². The molecule has 0 atom stereocenters. The average molecular weight is 386 g/mol. The van der Waals surface area contributed by atoms with E-state index < -0.39 is 0 Å². The lowest BCUT2D eigenvalue weighted by Gasteiger charge is -2.36.